The normalized spacial score (nSPS) is 18.9. The highest BCUT2D eigenvalue weighted by molar-refractivity contribution is 7.89. The molecule has 1 atom stereocenters. The summed E-state index contributed by atoms with van der Waals surface area (Å²) in [5.41, 5.74) is -0.518. The van der Waals surface area contributed by atoms with Gasteiger partial charge in [0.2, 0.25) is 16.1 Å². The monoisotopic (exact) mass is 484 g/mol. The number of carbonyl (C=O) groups excluding carboxylic acids is 1. The second-order valence-corrected chi connectivity index (χ2v) is 9.47. The number of hydrogen-bond donors (Lipinski definition) is 1. The fourth-order valence-electron chi connectivity index (χ4n) is 3.52. The van der Waals surface area contributed by atoms with Crippen molar-refractivity contribution in [2.75, 3.05) is 32.8 Å². The lowest BCUT2D eigenvalue weighted by atomic mass is 10.2. The van der Waals surface area contributed by atoms with Gasteiger partial charge in [-0.25, -0.2) is 17.6 Å². The Morgan fingerprint density at radius 2 is 1.75 bits per heavy atom. The number of rotatable bonds is 4. The molecule has 1 amide bonds. The number of carboxylic acids is 1. The third-order valence-corrected chi connectivity index (χ3v) is 7.43. The minimum absolute atomic E-state index is 0.0301. The van der Waals surface area contributed by atoms with Gasteiger partial charge in [-0.1, -0.05) is 23.7 Å². The first-order valence-electron chi connectivity index (χ1n) is 9.58. The number of carbonyl (C=O) groups is 2. The van der Waals surface area contributed by atoms with Gasteiger partial charge >= 0.3 is 5.97 Å². The topological polar surface area (TPSA) is 113 Å². The van der Waals surface area contributed by atoms with Crippen molar-refractivity contribution >= 4 is 33.5 Å². The molecule has 0 spiro atoms. The van der Waals surface area contributed by atoms with Gasteiger partial charge in [0.1, 0.15) is 17.3 Å². The number of carboxylic acid groups (broad SMARTS) is 1. The molecule has 12 heteroatoms. The number of amides is 1. The minimum Gasteiger partial charge on any atom is -0.485 e. The lowest BCUT2D eigenvalue weighted by Crippen LogP contribution is -2.55. The van der Waals surface area contributed by atoms with E-state index < -0.39 is 43.4 Å². The lowest BCUT2D eigenvalue weighted by Gasteiger charge is -2.36. The number of fused-ring (bicyclic) bond motifs is 1. The van der Waals surface area contributed by atoms with Crippen LogP contribution in [0.15, 0.2) is 41.3 Å². The molecule has 32 heavy (non-hydrogen) atoms. The molecule has 1 N–H and O–H groups in total. The first-order valence-corrected chi connectivity index (χ1v) is 11.4. The molecule has 1 fully saturated rings. The fraction of sp³-hybridized carbons (Fsp3) is 0.300. The Labute approximate surface area is 187 Å². The molecular weight excluding hydrogens is 467 g/mol. The van der Waals surface area contributed by atoms with Crippen molar-refractivity contribution in [1.29, 1.82) is 0 Å². The first kappa shape index (κ1) is 22.3. The van der Waals surface area contributed by atoms with Crippen LogP contribution in [0.25, 0.3) is 0 Å². The first-order chi connectivity index (χ1) is 15.2. The molecule has 0 aromatic heterocycles. The van der Waals surface area contributed by atoms with E-state index in [1.165, 1.54) is 4.90 Å². The van der Waals surface area contributed by atoms with Gasteiger partial charge in [-0.05, 0) is 24.3 Å². The number of piperazine rings is 1. The molecule has 2 heterocycles. The molecule has 0 aliphatic carbocycles. The van der Waals surface area contributed by atoms with E-state index in [9.17, 15) is 22.4 Å². The van der Waals surface area contributed by atoms with Crippen LogP contribution in [0.2, 0.25) is 5.02 Å². The highest BCUT2D eigenvalue weighted by Gasteiger charge is 2.36. The van der Waals surface area contributed by atoms with Crippen LogP contribution in [0.1, 0.15) is 10.4 Å². The number of aromatic carboxylic acids is 1. The van der Waals surface area contributed by atoms with E-state index in [0.29, 0.717) is 23.6 Å². The van der Waals surface area contributed by atoms with Crippen LogP contribution in [0.4, 0.5) is 4.39 Å². The van der Waals surface area contributed by atoms with Crippen LogP contribution in [0.3, 0.4) is 0 Å². The zero-order valence-corrected chi connectivity index (χ0v) is 18.1. The van der Waals surface area contributed by atoms with Crippen LogP contribution in [0, 0.1) is 5.82 Å². The average Bonchev–Trinajstić information content (AvgIpc) is 2.78. The van der Waals surface area contributed by atoms with Crippen molar-refractivity contribution in [2.24, 2.45) is 0 Å². The van der Waals surface area contributed by atoms with Gasteiger partial charge in [-0.15, -0.1) is 0 Å². The van der Waals surface area contributed by atoms with Crippen molar-refractivity contribution in [3.05, 3.63) is 52.8 Å². The molecule has 4 rings (SSSR count). The Balaban J connectivity index is 1.45. The molecule has 170 valence electrons. The Kier molecular flexibility index (Phi) is 5.97. The predicted octanol–water partition coefficient (Wildman–Crippen LogP) is 1.85. The second-order valence-electron chi connectivity index (χ2n) is 7.16. The summed E-state index contributed by atoms with van der Waals surface area (Å²) in [4.78, 5) is 24.7. The van der Waals surface area contributed by atoms with Crippen LogP contribution >= 0.6 is 11.6 Å². The van der Waals surface area contributed by atoms with E-state index in [0.717, 1.165) is 4.31 Å². The third kappa shape index (κ3) is 4.10. The second kappa shape index (κ2) is 8.57. The molecule has 2 aliphatic heterocycles. The summed E-state index contributed by atoms with van der Waals surface area (Å²) < 4.78 is 52.4. The molecule has 0 radical (unpaired) electrons. The number of hydrogen-bond acceptors (Lipinski definition) is 6. The highest BCUT2D eigenvalue weighted by atomic mass is 35.5. The third-order valence-electron chi connectivity index (χ3n) is 5.20. The molecule has 0 saturated carbocycles. The lowest BCUT2D eigenvalue weighted by molar-refractivity contribution is -0.142. The zero-order valence-electron chi connectivity index (χ0n) is 16.5. The van der Waals surface area contributed by atoms with E-state index in [2.05, 4.69) is 0 Å². The molecule has 2 aromatic carbocycles. The molecule has 1 saturated heterocycles. The average molecular weight is 485 g/mol. The van der Waals surface area contributed by atoms with Gasteiger partial charge in [0.25, 0.3) is 5.91 Å². The number of benzene rings is 2. The largest absolute Gasteiger partial charge is 0.485 e. The summed E-state index contributed by atoms with van der Waals surface area (Å²) in [6.07, 6.45) is -0.861. The van der Waals surface area contributed by atoms with Gasteiger partial charge < -0.3 is 19.5 Å². The minimum atomic E-state index is -4.34. The van der Waals surface area contributed by atoms with Gasteiger partial charge in [0, 0.05) is 26.2 Å². The van der Waals surface area contributed by atoms with E-state index in [1.54, 1.807) is 24.3 Å². The number of nitrogens with zero attached hydrogens (tertiary/aromatic N) is 2. The summed E-state index contributed by atoms with van der Waals surface area (Å²) in [7, 11) is -4.34. The number of para-hydroxylation sites is 2. The Morgan fingerprint density at radius 1 is 1.09 bits per heavy atom. The van der Waals surface area contributed by atoms with Crippen molar-refractivity contribution < 1.29 is 37.0 Å². The molecule has 2 aliphatic rings. The smallest absolute Gasteiger partial charge is 0.337 e. The summed E-state index contributed by atoms with van der Waals surface area (Å²) in [5.74, 6) is -1.98. The Hall–Kier alpha value is -2.89. The van der Waals surface area contributed by atoms with Gasteiger partial charge in [-0.2, -0.15) is 4.31 Å². The van der Waals surface area contributed by atoms with Crippen LogP contribution in [-0.2, 0) is 14.8 Å². The molecule has 0 bridgehead atoms. The fourth-order valence-corrected chi connectivity index (χ4v) is 5.25. The van der Waals surface area contributed by atoms with E-state index in [4.69, 9.17) is 26.2 Å². The standard InChI is InChI=1S/C20H18ClFN2O7S/c21-13-10-14(22)18(9-12(13)20(26)27)32(28,29)24-7-5-23(6-8-24)19(25)17-11-30-15-3-1-2-4-16(15)31-17/h1-4,9-10,17H,5-8,11H2,(H,26,27). The van der Waals surface area contributed by atoms with Crippen molar-refractivity contribution in [2.45, 2.75) is 11.0 Å². The summed E-state index contributed by atoms with van der Waals surface area (Å²) in [6, 6.07) is 8.32. The number of halogens is 2. The van der Waals surface area contributed by atoms with E-state index in [1.807, 2.05) is 0 Å². The Morgan fingerprint density at radius 3 is 2.41 bits per heavy atom. The van der Waals surface area contributed by atoms with E-state index >= 15 is 0 Å². The number of sulfonamides is 1. The Bertz CT molecular complexity index is 1180. The summed E-state index contributed by atoms with van der Waals surface area (Å²) in [5, 5.41) is 8.75. The van der Waals surface area contributed by atoms with Gasteiger partial charge in [-0.3, -0.25) is 4.79 Å². The van der Waals surface area contributed by atoms with Crippen molar-refractivity contribution in [1.82, 2.24) is 9.21 Å². The van der Waals surface area contributed by atoms with Crippen LogP contribution < -0.4 is 9.47 Å². The summed E-state index contributed by atoms with van der Waals surface area (Å²) >= 11 is 5.70. The predicted molar refractivity (Wildman–Crippen MR) is 110 cm³/mol. The SMILES string of the molecule is O=C(O)c1cc(S(=O)(=O)N2CCN(C(=O)C3COc4ccccc4O3)CC2)c(F)cc1Cl. The highest BCUT2D eigenvalue weighted by Crippen LogP contribution is 2.32. The molecule has 2 aromatic rings. The van der Waals surface area contributed by atoms with Crippen LogP contribution in [0.5, 0.6) is 11.5 Å². The molecular formula is C20H18ClFN2O7S. The maximum absolute atomic E-state index is 14.3. The number of ether oxygens (including phenoxy) is 2. The molecule has 9 nitrogen and oxygen atoms in total. The van der Waals surface area contributed by atoms with Crippen molar-refractivity contribution in [3.8, 4) is 11.5 Å². The van der Waals surface area contributed by atoms with Crippen molar-refractivity contribution in [3.63, 3.8) is 0 Å². The quantitative estimate of drug-likeness (QED) is 0.704. The zero-order chi connectivity index (χ0) is 23.0. The van der Waals surface area contributed by atoms with Gasteiger partial charge in [0.05, 0.1) is 10.6 Å². The van der Waals surface area contributed by atoms with E-state index in [-0.39, 0.29) is 38.7 Å². The maximum atomic E-state index is 14.3. The molecule has 1 unspecified atom stereocenters. The summed E-state index contributed by atoms with van der Waals surface area (Å²) in [6.45, 7) is -0.0468. The maximum Gasteiger partial charge on any atom is 0.337 e. The van der Waals surface area contributed by atoms with Crippen LogP contribution in [-0.4, -0.2) is 73.5 Å². The van der Waals surface area contributed by atoms with Gasteiger partial charge in [0.15, 0.2) is 11.5 Å².